The first kappa shape index (κ1) is 14.3. The van der Waals surface area contributed by atoms with Gasteiger partial charge in [-0.25, -0.2) is 0 Å². The number of carbonyl (C=O) groups excluding carboxylic acids is 1. The minimum absolute atomic E-state index is 0.0414. The van der Waals surface area contributed by atoms with E-state index in [0.29, 0.717) is 12.6 Å². The molecule has 0 unspecified atom stereocenters. The third-order valence-corrected chi connectivity index (χ3v) is 4.20. The zero-order valence-corrected chi connectivity index (χ0v) is 13.6. The summed E-state index contributed by atoms with van der Waals surface area (Å²) in [5.41, 5.74) is 2.84. The minimum atomic E-state index is -0.0414. The summed E-state index contributed by atoms with van der Waals surface area (Å²) in [6, 6.07) is 6.35. The molecule has 4 nitrogen and oxygen atoms in total. The standard InChI is InChI=1S/C16H18BrN3O/c1-2-11-4-3-7-18-14(11)9-19-16(21)15-8-12(17)10-20(15)13-5-6-13/h3-4,7-8,10,13H,2,5-6,9H2,1H3,(H,19,21). The van der Waals surface area contributed by atoms with Crippen molar-refractivity contribution >= 4 is 21.8 Å². The molecule has 0 bridgehead atoms. The van der Waals surface area contributed by atoms with Gasteiger partial charge in [-0.2, -0.15) is 0 Å². The van der Waals surface area contributed by atoms with E-state index in [1.54, 1.807) is 6.20 Å². The molecule has 2 heterocycles. The number of aromatic nitrogens is 2. The fraction of sp³-hybridized carbons (Fsp3) is 0.375. The maximum atomic E-state index is 12.4. The Morgan fingerprint density at radius 3 is 3.05 bits per heavy atom. The van der Waals surface area contributed by atoms with E-state index in [9.17, 15) is 4.79 Å². The summed E-state index contributed by atoms with van der Waals surface area (Å²) in [5, 5.41) is 2.98. The van der Waals surface area contributed by atoms with Crippen molar-refractivity contribution in [3.05, 3.63) is 52.0 Å². The van der Waals surface area contributed by atoms with Crippen molar-refractivity contribution in [2.24, 2.45) is 0 Å². The highest BCUT2D eigenvalue weighted by atomic mass is 79.9. The van der Waals surface area contributed by atoms with Gasteiger partial charge >= 0.3 is 0 Å². The van der Waals surface area contributed by atoms with Crippen molar-refractivity contribution in [3.63, 3.8) is 0 Å². The molecule has 0 saturated heterocycles. The van der Waals surface area contributed by atoms with Gasteiger partial charge in [-0.05, 0) is 52.9 Å². The quantitative estimate of drug-likeness (QED) is 0.899. The molecule has 1 aliphatic rings. The molecule has 2 aromatic heterocycles. The zero-order chi connectivity index (χ0) is 14.8. The Balaban J connectivity index is 1.72. The predicted molar refractivity (Wildman–Crippen MR) is 85.2 cm³/mol. The number of rotatable bonds is 5. The summed E-state index contributed by atoms with van der Waals surface area (Å²) < 4.78 is 3.02. The Hall–Kier alpha value is -1.62. The molecule has 3 rings (SSSR count). The van der Waals surface area contributed by atoms with E-state index < -0.39 is 0 Å². The van der Waals surface area contributed by atoms with Crippen LogP contribution in [0.3, 0.4) is 0 Å². The molecule has 0 spiro atoms. The molecule has 1 amide bonds. The fourth-order valence-corrected chi connectivity index (χ4v) is 2.93. The number of hydrogen-bond acceptors (Lipinski definition) is 2. The van der Waals surface area contributed by atoms with Crippen LogP contribution >= 0.6 is 15.9 Å². The predicted octanol–water partition coefficient (Wildman–Crippen LogP) is 3.47. The molecule has 5 heteroatoms. The van der Waals surface area contributed by atoms with Crippen LogP contribution in [0.15, 0.2) is 35.1 Å². The molecule has 0 atom stereocenters. The van der Waals surface area contributed by atoms with Crippen molar-refractivity contribution in [1.82, 2.24) is 14.9 Å². The number of aryl methyl sites for hydroxylation is 1. The zero-order valence-electron chi connectivity index (χ0n) is 12.0. The lowest BCUT2D eigenvalue weighted by Gasteiger charge is -2.10. The molecule has 1 N–H and O–H groups in total. The Labute approximate surface area is 132 Å². The molecule has 110 valence electrons. The largest absolute Gasteiger partial charge is 0.345 e. The maximum Gasteiger partial charge on any atom is 0.268 e. The van der Waals surface area contributed by atoms with Gasteiger partial charge in [-0.1, -0.05) is 13.0 Å². The molecule has 1 fully saturated rings. The van der Waals surface area contributed by atoms with Crippen LogP contribution < -0.4 is 5.32 Å². The second-order valence-electron chi connectivity index (χ2n) is 5.33. The van der Waals surface area contributed by atoms with Crippen LogP contribution in [0, 0.1) is 0 Å². The summed E-state index contributed by atoms with van der Waals surface area (Å²) >= 11 is 3.45. The number of hydrogen-bond donors (Lipinski definition) is 1. The van der Waals surface area contributed by atoms with E-state index in [1.165, 1.54) is 5.56 Å². The van der Waals surface area contributed by atoms with Crippen LogP contribution in [0.4, 0.5) is 0 Å². The molecule has 0 aromatic carbocycles. The van der Waals surface area contributed by atoms with Gasteiger partial charge in [0.2, 0.25) is 0 Å². The first-order chi connectivity index (χ1) is 10.2. The minimum Gasteiger partial charge on any atom is -0.345 e. The molecule has 1 saturated carbocycles. The van der Waals surface area contributed by atoms with E-state index in [2.05, 4.69) is 43.8 Å². The van der Waals surface area contributed by atoms with Crippen LogP contribution in [0.2, 0.25) is 0 Å². The number of nitrogens with zero attached hydrogens (tertiary/aromatic N) is 2. The van der Waals surface area contributed by atoms with Gasteiger partial charge in [-0.3, -0.25) is 9.78 Å². The smallest absolute Gasteiger partial charge is 0.268 e. The Kier molecular flexibility index (Phi) is 4.10. The fourth-order valence-electron chi connectivity index (χ4n) is 2.49. The van der Waals surface area contributed by atoms with Crippen LogP contribution in [-0.4, -0.2) is 15.5 Å². The highest BCUT2D eigenvalue weighted by Gasteiger charge is 2.27. The lowest BCUT2D eigenvalue weighted by Crippen LogP contribution is -2.26. The molecule has 0 radical (unpaired) electrons. The van der Waals surface area contributed by atoms with Crippen molar-refractivity contribution in [3.8, 4) is 0 Å². The highest BCUT2D eigenvalue weighted by molar-refractivity contribution is 9.10. The Morgan fingerprint density at radius 2 is 2.33 bits per heavy atom. The lowest BCUT2D eigenvalue weighted by molar-refractivity contribution is 0.0941. The van der Waals surface area contributed by atoms with Gasteiger partial charge in [0.25, 0.3) is 5.91 Å². The van der Waals surface area contributed by atoms with Crippen LogP contribution in [-0.2, 0) is 13.0 Å². The van der Waals surface area contributed by atoms with Crippen molar-refractivity contribution in [1.29, 1.82) is 0 Å². The van der Waals surface area contributed by atoms with Gasteiger partial charge in [0.1, 0.15) is 5.69 Å². The topological polar surface area (TPSA) is 46.9 Å². The van der Waals surface area contributed by atoms with Gasteiger partial charge in [0, 0.05) is 22.9 Å². The number of nitrogens with one attached hydrogen (secondary N) is 1. The van der Waals surface area contributed by atoms with E-state index in [1.807, 2.05) is 18.3 Å². The summed E-state index contributed by atoms with van der Waals surface area (Å²) in [5.74, 6) is -0.0414. The molecule has 1 aliphatic carbocycles. The number of carbonyl (C=O) groups is 1. The molecule has 0 aliphatic heterocycles. The second-order valence-corrected chi connectivity index (χ2v) is 6.24. The first-order valence-electron chi connectivity index (χ1n) is 7.27. The molecule has 21 heavy (non-hydrogen) atoms. The SMILES string of the molecule is CCc1cccnc1CNC(=O)c1cc(Br)cn1C1CC1. The normalized spacial score (nSPS) is 14.2. The van der Waals surface area contributed by atoms with Crippen LogP contribution in [0.25, 0.3) is 0 Å². The van der Waals surface area contributed by atoms with Gasteiger partial charge in [-0.15, -0.1) is 0 Å². The van der Waals surface area contributed by atoms with Crippen molar-refractivity contribution in [2.75, 3.05) is 0 Å². The first-order valence-corrected chi connectivity index (χ1v) is 8.06. The third kappa shape index (κ3) is 3.18. The maximum absolute atomic E-state index is 12.4. The number of pyridine rings is 1. The number of halogens is 1. The summed E-state index contributed by atoms with van der Waals surface area (Å²) in [4.78, 5) is 16.8. The molecular weight excluding hydrogens is 330 g/mol. The van der Waals surface area contributed by atoms with Crippen LogP contribution in [0.1, 0.15) is 47.6 Å². The molecule has 2 aromatic rings. The van der Waals surface area contributed by atoms with E-state index in [0.717, 1.165) is 35.1 Å². The Bertz CT molecular complexity index is 661. The average molecular weight is 348 g/mol. The average Bonchev–Trinajstić information content (AvgIpc) is 3.27. The second kappa shape index (κ2) is 6.02. The van der Waals surface area contributed by atoms with Crippen molar-refractivity contribution < 1.29 is 4.79 Å². The van der Waals surface area contributed by atoms with E-state index in [4.69, 9.17) is 0 Å². The van der Waals surface area contributed by atoms with Gasteiger partial charge < -0.3 is 9.88 Å². The summed E-state index contributed by atoms with van der Waals surface area (Å²) in [6.07, 6.45) is 6.99. The van der Waals surface area contributed by atoms with Gasteiger partial charge in [0.15, 0.2) is 0 Å². The third-order valence-electron chi connectivity index (χ3n) is 3.77. The number of amides is 1. The highest BCUT2D eigenvalue weighted by Crippen LogP contribution is 2.37. The molecular formula is C16H18BrN3O. The summed E-state index contributed by atoms with van der Waals surface area (Å²) in [7, 11) is 0. The van der Waals surface area contributed by atoms with Crippen molar-refractivity contribution in [2.45, 2.75) is 38.8 Å². The van der Waals surface area contributed by atoms with Gasteiger partial charge in [0.05, 0.1) is 12.2 Å². The van der Waals surface area contributed by atoms with E-state index >= 15 is 0 Å². The summed E-state index contributed by atoms with van der Waals surface area (Å²) in [6.45, 7) is 2.56. The van der Waals surface area contributed by atoms with E-state index in [-0.39, 0.29) is 5.91 Å². The Morgan fingerprint density at radius 1 is 1.52 bits per heavy atom. The lowest BCUT2D eigenvalue weighted by atomic mass is 10.1. The monoisotopic (exact) mass is 347 g/mol. The van der Waals surface area contributed by atoms with Crippen LogP contribution in [0.5, 0.6) is 0 Å².